The number of likely N-dealkylation sites (tertiary alicyclic amines) is 1. The Morgan fingerprint density at radius 3 is 2.67 bits per heavy atom. The van der Waals surface area contributed by atoms with Crippen molar-refractivity contribution in [3.8, 4) is 0 Å². The number of hydrogen-bond donors (Lipinski definition) is 2. The van der Waals surface area contributed by atoms with Crippen LogP contribution in [0.4, 0.5) is 0 Å². The first-order valence-electron chi connectivity index (χ1n) is 4.74. The molecule has 0 aromatic rings. The van der Waals surface area contributed by atoms with Crippen LogP contribution in [0.15, 0.2) is 0 Å². The van der Waals surface area contributed by atoms with Crippen LogP contribution in [-0.4, -0.2) is 42.3 Å². The van der Waals surface area contributed by atoms with Crippen molar-refractivity contribution in [2.45, 2.75) is 20.0 Å². The van der Waals surface area contributed by atoms with Crippen LogP contribution in [0, 0.1) is 11.8 Å². The monoisotopic (exact) mass is 172 g/mol. The van der Waals surface area contributed by atoms with Gasteiger partial charge in [0.2, 0.25) is 0 Å². The Balaban J connectivity index is 2.27. The summed E-state index contributed by atoms with van der Waals surface area (Å²) >= 11 is 0. The van der Waals surface area contributed by atoms with Gasteiger partial charge in [0.1, 0.15) is 0 Å². The Kier molecular flexibility index (Phi) is 3.50. The van der Waals surface area contributed by atoms with Gasteiger partial charge in [0.15, 0.2) is 0 Å². The summed E-state index contributed by atoms with van der Waals surface area (Å²) in [5.74, 6) is 0.970. The van der Waals surface area contributed by atoms with Gasteiger partial charge in [0.05, 0.1) is 6.10 Å². The molecule has 3 heteroatoms. The fourth-order valence-corrected chi connectivity index (χ4v) is 1.71. The first kappa shape index (κ1) is 9.96. The van der Waals surface area contributed by atoms with Crippen molar-refractivity contribution < 1.29 is 5.11 Å². The number of nitrogens with two attached hydrogens (primary N) is 1. The lowest BCUT2D eigenvalue weighted by Crippen LogP contribution is -2.30. The van der Waals surface area contributed by atoms with E-state index in [0.29, 0.717) is 11.8 Å². The average molecular weight is 172 g/mol. The summed E-state index contributed by atoms with van der Waals surface area (Å²) in [5.41, 5.74) is 5.53. The van der Waals surface area contributed by atoms with E-state index in [0.717, 1.165) is 26.2 Å². The average Bonchev–Trinajstić information content (AvgIpc) is 2.31. The van der Waals surface area contributed by atoms with E-state index in [2.05, 4.69) is 18.7 Å². The molecule has 0 saturated carbocycles. The summed E-state index contributed by atoms with van der Waals surface area (Å²) in [5, 5.41) is 9.48. The van der Waals surface area contributed by atoms with Crippen LogP contribution in [0.2, 0.25) is 0 Å². The highest BCUT2D eigenvalue weighted by atomic mass is 16.3. The molecule has 1 rings (SSSR count). The van der Waals surface area contributed by atoms with Crippen molar-refractivity contribution in [3.05, 3.63) is 0 Å². The van der Waals surface area contributed by atoms with E-state index in [4.69, 9.17) is 5.73 Å². The van der Waals surface area contributed by atoms with Gasteiger partial charge in [-0.25, -0.2) is 0 Å². The van der Waals surface area contributed by atoms with Gasteiger partial charge in [0.25, 0.3) is 0 Å². The lowest BCUT2D eigenvalue weighted by Gasteiger charge is -2.18. The summed E-state index contributed by atoms with van der Waals surface area (Å²) in [7, 11) is 0. The zero-order chi connectivity index (χ0) is 9.14. The molecule has 0 aromatic carbocycles. The predicted molar refractivity (Wildman–Crippen MR) is 49.8 cm³/mol. The maximum absolute atomic E-state index is 9.48. The van der Waals surface area contributed by atoms with E-state index in [1.54, 1.807) is 0 Å². The minimum absolute atomic E-state index is 0.130. The maximum atomic E-state index is 9.48. The highest BCUT2D eigenvalue weighted by Crippen LogP contribution is 2.16. The highest BCUT2D eigenvalue weighted by molar-refractivity contribution is 4.81. The summed E-state index contributed by atoms with van der Waals surface area (Å²) < 4.78 is 0. The molecule has 0 spiro atoms. The second-order valence-corrected chi connectivity index (χ2v) is 4.10. The number of nitrogens with zero attached hydrogens (tertiary/aromatic N) is 1. The van der Waals surface area contributed by atoms with E-state index in [-0.39, 0.29) is 6.10 Å². The highest BCUT2D eigenvalue weighted by Gasteiger charge is 2.27. The third-order valence-electron chi connectivity index (χ3n) is 2.62. The standard InChI is InChI=1S/C9H20N2O/c1-7(3-10)4-11-5-8(2)9(12)6-11/h7-9,12H,3-6,10H2,1-2H3. The fraction of sp³-hybridized carbons (Fsp3) is 1.00. The molecule has 1 aliphatic heterocycles. The Hall–Kier alpha value is -0.120. The van der Waals surface area contributed by atoms with Gasteiger partial charge in [-0.05, 0) is 18.4 Å². The molecule has 3 atom stereocenters. The minimum atomic E-state index is -0.130. The Bertz CT molecular complexity index is 130. The van der Waals surface area contributed by atoms with Crippen LogP contribution in [0.25, 0.3) is 0 Å². The van der Waals surface area contributed by atoms with Crippen molar-refractivity contribution in [2.75, 3.05) is 26.2 Å². The molecule has 1 heterocycles. The molecular weight excluding hydrogens is 152 g/mol. The molecule has 3 nitrogen and oxygen atoms in total. The molecule has 0 aliphatic carbocycles. The van der Waals surface area contributed by atoms with Gasteiger partial charge < -0.3 is 15.7 Å². The van der Waals surface area contributed by atoms with Crippen molar-refractivity contribution in [2.24, 2.45) is 17.6 Å². The minimum Gasteiger partial charge on any atom is -0.391 e. The van der Waals surface area contributed by atoms with Crippen LogP contribution in [0.3, 0.4) is 0 Å². The number of β-amino-alcohol motifs (C(OH)–C–C–N with tert-alkyl or cyclic N) is 1. The SMILES string of the molecule is CC(CN)CN1CC(C)C(O)C1. The van der Waals surface area contributed by atoms with E-state index in [1.807, 2.05) is 0 Å². The van der Waals surface area contributed by atoms with Gasteiger partial charge in [0, 0.05) is 19.6 Å². The van der Waals surface area contributed by atoms with Gasteiger partial charge in [-0.2, -0.15) is 0 Å². The third-order valence-corrected chi connectivity index (χ3v) is 2.62. The van der Waals surface area contributed by atoms with Crippen LogP contribution < -0.4 is 5.73 Å². The molecule has 0 radical (unpaired) electrons. The van der Waals surface area contributed by atoms with Crippen LogP contribution >= 0.6 is 0 Å². The van der Waals surface area contributed by atoms with Gasteiger partial charge in [-0.3, -0.25) is 0 Å². The zero-order valence-corrected chi connectivity index (χ0v) is 8.03. The van der Waals surface area contributed by atoms with E-state index >= 15 is 0 Å². The van der Waals surface area contributed by atoms with Crippen molar-refractivity contribution in [1.82, 2.24) is 4.90 Å². The Morgan fingerprint density at radius 2 is 2.25 bits per heavy atom. The van der Waals surface area contributed by atoms with Crippen molar-refractivity contribution in [1.29, 1.82) is 0 Å². The predicted octanol–water partition coefficient (Wildman–Crippen LogP) is -0.106. The second kappa shape index (κ2) is 4.21. The van der Waals surface area contributed by atoms with Crippen LogP contribution in [0.1, 0.15) is 13.8 Å². The Morgan fingerprint density at radius 1 is 1.58 bits per heavy atom. The molecule has 1 aliphatic rings. The second-order valence-electron chi connectivity index (χ2n) is 4.10. The molecule has 3 unspecified atom stereocenters. The fourth-order valence-electron chi connectivity index (χ4n) is 1.71. The molecule has 3 N–H and O–H groups in total. The molecule has 12 heavy (non-hydrogen) atoms. The Labute approximate surface area is 74.5 Å². The molecule has 0 bridgehead atoms. The lowest BCUT2D eigenvalue weighted by molar-refractivity contribution is 0.146. The quantitative estimate of drug-likeness (QED) is 0.624. The number of hydrogen-bond acceptors (Lipinski definition) is 3. The topological polar surface area (TPSA) is 49.5 Å². The van der Waals surface area contributed by atoms with Crippen LogP contribution in [-0.2, 0) is 0 Å². The lowest BCUT2D eigenvalue weighted by atomic mass is 10.1. The smallest absolute Gasteiger partial charge is 0.0704 e. The molecule has 1 fully saturated rings. The van der Waals surface area contributed by atoms with Crippen molar-refractivity contribution >= 4 is 0 Å². The summed E-state index contributed by atoms with van der Waals surface area (Å²) in [4.78, 5) is 2.30. The first-order chi connectivity index (χ1) is 5.63. The normalized spacial score (nSPS) is 34.0. The van der Waals surface area contributed by atoms with Gasteiger partial charge >= 0.3 is 0 Å². The van der Waals surface area contributed by atoms with E-state index in [9.17, 15) is 5.11 Å². The number of aliphatic hydroxyl groups is 1. The van der Waals surface area contributed by atoms with E-state index in [1.165, 1.54) is 0 Å². The zero-order valence-electron chi connectivity index (χ0n) is 8.03. The molecular formula is C9H20N2O. The van der Waals surface area contributed by atoms with Crippen molar-refractivity contribution in [3.63, 3.8) is 0 Å². The number of aliphatic hydroxyl groups excluding tert-OH is 1. The molecule has 72 valence electrons. The third kappa shape index (κ3) is 2.44. The molecule has 1 saturated heterocycles. The maximum Gasteiger partial charge on any atom is 0.0704 e. The largest absolute Gasteiger partial charge is 0.391 e. The van der Waals surface area contributed by atoms with Crippen LogP contribution in [0.5, 0.6) is 0 Å². The number of rotatable bonds is 3. The first-order valence-corrected chi connectivity index (χ1v) is 4.74. The van der Waals surface area contributed by atoms with Gasteiger partial charge in [-0.1, -0.05) is 13.8 Å². The molecule has 0 amide bonds. The summed E-state index contributed by atoms with van der Waals surface area (Å²) in [6.07, 6.45) is -0.130. The van der Waals surface area contributed by atoms with Gasteiger partial charge in [-0.15, -0.1) is 0 Å². The summed E-state index contributed by atoms with van der Waals surface area (Å²) in [6, 6.07) is 0. The summed E-state index contributed by atoms with van der Waals surface area (Å²) in [6.45, 7) is 7.85. The van der Waals surface area contributed by atoms with E-state index < -0.39 is 0 Å². The molecule has 0 aromatic heterocycles.